The monoisotopic (exact) mass is 430 g/mol. The number of benzene rings is 2. The van der Waals surface area contributed by atoms with E-state index in [9.17, 15) is 9.59 Å². The number of fused-ring (bicyclic) bond motifs is 1. The summed E-state index contributed by atoms with van der Waals surface area (Å²) >= 11 is 0. The van der Waals surface area contributed by atoms with Gasteiger partial charge in [0.1, 0.15) is 5.82 Å². The van der Waals surface area contributed by atoms with Crippen LogP contribution in [-0.4, -0.2) is 18.7 Å². The molecule has 0 N–H and O–H groups in total. The van der Waals surface area contributed by atoms with Crippen LogP contribution in [0.5, 0.6) is 0 Å². The van der Waals surface area contributed by atoms with Crippen molar-refractivity contribution in [3.63, 3.8) is 0 Å². The lowest BCUT2D eigenvalue weighted by Crippen LogP contribution is -2.40. The van der Waals surface area contributed by atoms with E-state index in [0.29, 0.717) is 30.8 Å². The van der Waals surface area contributed by atoms with Crippen LogP contribution in [0.3, 0.4) is 0 Å². The second-order valence-corrected chi connectivity index (χ2v) is 8.09. The number of aromatic nitrogens is 4. The van der Waals surface area contributed by atoms with Crippen molar-refractivity contribution >= 4 is 11.2 Å². The standard InChI is InChI=1S/C26H30N4O2/c1-4-16-28-22-24(29(17-5-2)26(32)30(18-6-3)25(22)31)27-23(28)21-14-12-20(13-15-21)19-10-8-7-9-11-19/h7-15H,4-6,16-18H2,1-3H3. The van der Waals surface area contributed by atoms with E-state index in [1.54, 1.807) is 4.57 Å². The summed E-state index contributed by atoms with van der Waals surface area (Å²) in [5, 5.41) is 0. The molecule has 0 fully saturated rings. The Balaban J connectivity index is 1.94. The highest BCUT2D eigenvalue weighted by molar-refractivity contribution is 5.78. The molecule has 0 radical (unpaired) electrons. The van der Waals surface area contributed by atoms with Gasteiger partial charge in [-0.2, -0.15) is 0 Å². The van der Waals surface area contributed by atoms with Gasteiger partial charge in [-0.15, -0.1) is 0 Å². The first-order valence-corrected chi connectivity index (χ1v) is 11.5. The lowest BCUT2D eigenvalue weighted by atomic mass is 10.0. The molecule has 32 heavy (non-hydrogen) atoms. The highest BCUT2D eigenvalue weighted by Gasteiger charge is 2.21. The van der Waals surface area contributed by atoms with Crippen LogP contribution >= 0.6 is 0 Å². The van der Waals surface area contributed by atoms with E-state index in [1.807, 2.05) is 48.7 Å². The van der Waals surface area contributed by atoms with Gasteiger partial charge in [-0.25, -0.2) is 9.78 Å². The first-order chi connectivity index (χ1) is 15.6. The number of imidazole rings is 1. The third-order valence-electron chi connectivity index (χ3n) is 5.71. The van der Waals surface area contributed by atoms with Crippen molar-refractivity contribution in [2.75, 3.05) is 0 Å². The van der Waals surface area contributed by atoms with Gasteiger partial charge in [0.2, 0.25) is 0 Å². The van der Waals surface area contributed by atoms with Gasteiger partial charge >= 0.3 is 5.69 Å². The summed E-state index contributed by atoms with van der Waals surface area (Å²) < 4.78 is 5.03. The summed E-state index contributed by atoms with van der Waals surface area (Å²) in [5.74, 6) is 0.733. The first kappa shape index (κ1) is 21.8. The Labute approximate surface area is 187 Å². The van der Waals surface area contributed by atoms with Crippen LogP contribution in [0.1, 0.15) is 40.0 Å². The number of rotatable bonds is 8. The smallest absolute Gasteiger partial charge is 0.318 e. The van der Waals surface area contributed by atoms with E-state index in [1.165, 1.54) is 4.57 Å². The minimum Gasteiger partial charge on any atom is -0.318 e. The molecule has 2 aromatic heterocycles. The van der Waals surface area contributed by atoms with Crippen molar-refractivity contribution in [1.82, 2.24) is 18.7 Å². The van der Waals surface area contributed by atoms with Crippen LogP contribution in [0.15, 0.2) is 64.2 Å². The molecule has 0 saturated carbocycles. The molecule has 6 heteroatoms. The molecule has 0 saturated heterocycles. The second kappa shape index (κ2) is 9.39. The minimum atomic E-state index is -0.265. The topological polar surface area (TPSA) is 61.8 Å². The number of nitrogens with zero attached hydrogens (tertiary/aromatic N) is 4. The fourth-order valence-corrected chi connectivity index (χ4v) is 4.24. The molecule has 0 spiro atoms. The van der Waals surface area contributed by atoms with Crippen LogP contribution in [0, 0.1) is 0 Å². The average molecular weight is 431 g/mol. The number of hydrogen-bond donors (Lipinski definition) is 0. The predicted molar refractivity (Wildman–Crippen MR) is 130 cm³/mol. The third kappa shape index (κ3) is 3.81. The summed E-state index contributed by atoms with van der Waals surface area (Å²) in [6.07, 6.45) is 2.38. The van der Waals surface area contributed by atoms with Crippen LogP contribution < -0.4 is 11.2 Å². The maximum Gasteiger partial charge on any atom is 0.332 e. The summed E-state index contributed by atoms with van der Waals surface area (Å²) in [4.78, 5) is 31.3. The molecule has 0 amide bonds. The highest BCUT2D eigenvalue weighted by atomic mass is 16.2. The Bertz CT molecular complexity index is 1330. The molecular formula is C26H30N4O2. The maximum absolute atomic E-state index is 13.4. The zero-order valence-electron chi connectivity index (χ0n) is 19.0. The average Bonchev–Trinajstić information content (AvgIpc) is 3.20. The van der Waals surface area contributed by atoms with E-state index in [0.717, 1.165) is 41.8 Å². The largest absolute Gasteiger partial charge is 0.332 e. The molecule has 0 aliphatic rings. The van der Waals surface area contributed by atoms with E-state index < -0.39 is 0 Å². The van der Waals surface area contributed by atoms with Gasteiger partial charge in [0, 0.05) is 25.2 Å². The number of aryl methyl sites for hydroxylation is 2. The molecule has 4 rings (SSSR count). The minimum absolute atomic E-state index is 0.243. The van der Waals surface area contributed by atoms with Crippen molar-refractivity contribution in [2.24, 2.45) is 0 Å². The summed E-state index contributed by atoms with van der Waals surface area (Å²) in [6.45, 7) is 7.70. The summed E-state index contributed by atoms with van der Waals surface area (Å²) in [7, 11) is 0. The van der Waals surface area contributed by atoms with Crippen molar-refractivity contribution in [3.05, 3.63) is 75.4 Å². The first-order valence-electron chi connectivity index (χ1n) is 11.5. The van der Waals surface area contributed by atoms with Crippen LogP contribution in [0.25, 0.3) is 33.7 Å². The molecule has 0 aliphatic heterocycles. The van der Waals surface area contributed by atoms with Crippen molar-refractivity contribution in [3.8, 4) is 22.5 Å². The molecule has 0 unspecified atom stereocenters. The zero-order valence-corrected chi connectivity index (χ0v) is 19.0. The fraction of sp³-hybridized carbons (Fsp3) is 0.346. The SMILES string of the molecule is CCCn1c(=O)c2c(nc(-c3ccc(-c4ccccc4)cc3)n2CCC)n(CCC)c1=O. The van der Waals surface area contributed by atoms with Gasteiger partial charge in [-0.1, -0.05) is 75.4 Å². The lowest BCUT2D eigenvalue weighted by Gasteiger charge is -2.11. The van der Waals surface area contributed by atoms with Crippen LogP contribution in [0.4, 0.5) is 0 Å². The van der Waals surface area contributed by atoms with Crippen LogP contribution in [0.2, 0.25) is 0 Å². The van der Waals surface area contributed by atoms with Gasteiger partial charge in [0.25, 0.3) is 5.56 Å². The molecule has 2 heterocycles. The molecule has 4 aromatic rings. The molecule has 166 valence electrons. The van der Waals surface area contributed by atoms with Crippen LogP contribution in [-0.2, 0) is 19.6 Å². The van der Waals surface area contributed by atoms with Gasteiger partial charge in [0.05, 0.1) is 0 Å². The Morgan fingerprint density at radius 2 is 1.19 bits per heavy atom. The molecule has 0 bridgehead atoms. The van der Waals surface area contributed by atoms with E-state index >= 15 is 0 Å². The zero-order chi connectivity index (χ0) is 22.7. The molecule has 0 atom stereocenters. The molecule has 2 aromatic carbocycles. The Kier molecular flexibility index (Phi) is 6.40. The third-order valence-corrected chi connectivity index (χ3v) is 5.71. The Hall–Kier alpha value is -3.41. The highest BCUT2D eigenvalue weighted by Crippen LogP contribution is 2.27. The van der Waals surface area contributed by atoms with E-state index in [4.69, 9.17) is 4.98 Å². The predicted octanol–water partition coefficient (Wildman–Crippen LogP) is 4.92. The van der Waals surface area contributed by atoms with Gasteiger partial charge in [0.15, 0.2) is 11.2 Å². The fourth-order valence-electron chi connectivity index (χ4n) is 4.24. The van der Waals surface area contributed by atoms with Crippen molar-refractivity contribution in [1.29, 1.82) is 0 Å². The van der Waals surface area contributed by atoms with Gasteiger partial charge < -0.3 is 4.57 Å². The quantitative estimate of drug-likeness (QED) is 0.398. The normalized spacial score (nSPS) is 11.3. The van der Waals surface area contributed by atoms with Crippen molar-refractivity contribution in [2.45, 2.75) is 59.7 Å². The van der Waals surface area contributed by atoms with Gasteiger partial charge in [-0.05, 0) is 30.4 Å². The van der Waals surface area contributed by atoms with Gasteiger partial charge in [-0.3, -0.25) is 13.9 Å². The molecule has 6 nitrogen and oxygen atoms in total. The number of hydrogen-bond acceptors (Lipinski definition) is 3. The van der Waals surface area contributed by atoms with E-state index in [2.05, 4.69) is 31.2 Å². The summed E-state index contributed by atoms with van der Waals surface area (Å²) in [6, 6.07) is 18.5. The maximum atomic E-state index is 13.4. The lowest BCUT2D eigenvalue weighted by molar-refractivity contribution is 0.553. The van der Waals surface area contributed by atoms with Crippen molar-refractivity contribution < 1.29 is 0 Å². The Morgan fingerprint density at radius 1 is 0.656 bits per heavy atom. The second-order valence-electron chi connectivity index (χ2n) is 8.09. The Morgan fingerprint density at radius 3 is 1.81 bits per heavy atom. The molecular weight excluding hydrogens is 400 g/mol. The summed E-state index contributed by atoms with van der Waals surface area (Å²) in [5.41, 5.74) is 3.72. The van der Waals surface area contributed by atoms with E-state index in [-0.39, 0.29) is 11.2 Å². The molecule has 0 aliphatic carbocycles.